The largest absolute Gasteiger partial charge is 0.466 e. The minimum absolute atomic E-state index is 0.0153. The van der Waals surface area contributed by atoms with Crippen LogP contribution in [0.3, 0.4) is 0 Å². The van der Waals surface area contributed by atoms with Gasteiger partial charge in [0, 0.05) is 23.2 Å². The number of esters is 1. The van der Waals surface area contributed by atoms with Gasteiger partial charge in [0.05, 0.1) is 13.0 Å². The smallest absolute Gasteiger partial charge is 0.307 e. The Bertz CT molecular complexity index is 915. The van der Waals surface area contributed by atoms with Crippen molar-refractivity contribution in [1.82, 2.24) is 0 Å². The zero-order valence-corrected chi connectivity index (χ0v) is 16.8. The Morgan fingerprint density at radius 1 is 1.13 bits per heavy atom. The van der Waals surface area contributed by atoms with E-state index in [1.54, 1.807) is 13.0 Å². The highest BCUT2D eigenvalue weighted by atomic mass is 19.2. The van der Waals surface area contributed by atoms with Crippen molar-refractivity contribution in [3.8, 4) is 11.1 Å². The first-order chi connectivity index (χ1) is 14.3. The number of unbranched alkanes of at least 4 members (excludes halogenated alkanes) is 2. The number of hydrogen-bond acceptors (Lipinski definition) is 3. The van der Waals surface area contributed by atoms with Crippen molar-refractivity contribution >= 4 is 5.97 Å². The number of rotatable bonds is 10. The number of allylic oxidation sites excluding steroid dienone is 1. The predicted molar refractivity (Wildman–Crippen MR) is 108 cm³/mol. The second-order valence-electron chi connectivity index (χ2n) is 6.93. The van der Waals surface area contributed by atoms with Crippen LogP contribution in [0.5, 0.6) is 0 Å². The first-order valence-electron chi connectivity index (χ1n) is 9.77. The molecule has 0 unspecified atom stereocenters. The third-order valence-corrected chi connectivity index (χ3v) is 4.68. The topological polar surface area (TPSA) is 52.3 Å². The van der Waals surface area contributed by atoms with Crippen LogP contribution in [0, 0.1) is 23.3 Å². The van der Waals surface area contributed by atoms with Gasteiger partial charge in [-0.05, 0) is 61.9 Å². The molecule has 7 heteroatoms. The lowest BCUT2D eigenvalue weighted by molar-refractivity contribution is -0.143. The Morgan fingerprint density at radius 2 is 1.87 bits per heavy atom. The van der Waals surface area contributed by atoms with Crippen molar-refractivity contribution in [2.75, 3.05) is 6.61 Å². The average molecular weight is 423 g/mol. The summed E-state index contributed by atoms with van der Waals surface area (Å²) in [5.41, 5.74) is 5.96. The van der Waals surface area contributed by atoms with Gasteiger partial charge in [-0.25, -0.2) is 17.6 Å². The highest BCUT2D eigenvalue weighted by molar-refractivity contribution is 5.72. The molecule has 0 radical (unpaired) electrons. The third-order valence-electron chi connectivity index (χ3n) is 4.68. The molecule has 0 heterocycles. The van der Waals surface area contributed by atoms with Crippen LogP contribution in [0.1, 0.15) is 49.8 Å². The molecule has 0 aromatic heterocycles. The standard InChI is InChI=1S/C23H25F4NO2/c1-3-5-6-7-8-14-9-16(24)12-18(25)22(14)15-10-17(23(27)19(26)11-15)20(28)13-21(29)30-4-2/h3,9-12,20H,1,4-8,13,28H2,2H3/t20-/m0/s1. The number of carbonyl (C=O) groups is 1. The Balaban J connectivity index is 2.47. The molecule has 0 aliphatic rings. The minimum atomic E-state index is -1.23. The molecule has 0 saturated heterocycles. The molecule has 0 bridgehead atoms. The van der Waals surface area contributed by atoms with E-state index in [2.05, 4.69) is 6.58 Å². The van der Waals surface area contributed by atoms with E-state index < -0.39 is 35.3 Å². The Hall–Kier alpha value is -2.67. The maximum atomic E-state index is 14.7. The highest BCUT2D eigenvalue weighted by Gasteiger charge is 2.22. The molecular formula is C23H25F4NO2. The zero-order chi connectivity index (χ0) is 22.3. The molecular weight excluding hydrogens is 398 g/mol. The molecule has 2 aromatic rings. The molecule has 1 atom stereocenters. The Labute approximate surface area is 173 Å². The normalized spacial score (nSPS) is 11.9. The van der Waals surface area contributed by atoms with E-state index in [0.29, 0.717) is 24.5 Å². The quantitative estimate of drug-likeness (QED) is 0.229. The van der Waals surface area contributed by atoms with Crippen LogP contribution >= 0.6 is 0 Å². The fourth-order valence-corrected chi connectivity index (χ4v) is 3.29. The summed E-state index contributed by atoms with van der Waals surface area (Å²) in [4.78, 5) is 11.7. The number of nitrogens with two attached hydrogens (primary N) is 1. The van der Waals surface area contributed by atoms with Gasteiger partial charge in [0.2, 0.25) is 0 Å². The number of carbonyl (C=O) groups excluding carboxylic acids is 1. The van der Waals surface area contributed by atoms with E-state index in [-0.39, 0.29) is 29.7 Å². The average Bonchev–Trinajstić information content (AvgIpc) is 2.67. The molecule has 2 aromatic carbocycles. The van der Waals surface area contributed by atoms with Gasteiger partial charge in [-0.2, -0.15) is 0 Å². The summed E-state index contributed by atoms with van der Waals surface area (Å²) in [5.74, 6) is -4.75. The molecule has 0 aliphatic heterocycles. The molecule has 0 fully saturated rings. The monoisotopic (exact) mass is 423 g/mol. The molecule has 0 amide bonds. The summed E-state index contributed by atoms with van der Waals surface area (Å²) >= 11 is 0. The van der Waals surface area contributed by atoms with Gasteiger partial charge < -0.3 is 10.5 Å². The number of halogens is 4. The van der Waals surface area contributed by atoms with Crippen LogP contribution in [0.15, 0.2) is 36.9 Å². The molecule has 2 N–H and O–H groups in total. The lowest BCUT2D eigenvalue weighted by Crippen LogP contribution is -2.19. The second-order valence-corrected chi connectivity index (χ2v) is 6.93. The van der Waals surface area contributed by atoms with Crippen LogP contribution in [0.2, 0.25) is 0 Å². The van der Waals surface area contributed by atoms with Gasteiger partial charge in [0.25, 0.3) is 0 Å². The third kappa shape index (κ3) is 5.92. The summed E-state index contributed by atoms with van der Waals surface area (Å²) in [6, 6.07) is 2.75. The van der Waals surface area contributed by atoms with Crippen LogP contribution in [-0.4, -0.2) is 12.6 Å². The van der Waals surface area contributed by atoms with Crippen molar-refractivity contribution < 1.29 is 27.1 Å². The van der Waals surface area contributed by atoms with Crippen LogP contribution < -0.4 is 5.73 Å². The lowest BCUT2D eigenvalue weighted by Gasteiger charge is -2.17. The Morgan fingerprint density at radius 3 is 2.53 bits per heavy atom. The first kappa shape index (κ1) is 23.6. The van der Waals surface area contributed by atoms with Gasteiger partial charge in [0.1, 0.15) is 11.6 Å². The zero-order valence-electron chi connectivity index (χ0n) is 16.8. The van der Waals surface area contributed by atoms with Gasteiger partial charge >= 0.3 is 5.97 Å². The number of benzene rings is 2. The molecule has 3 nitrogen and oxygen atoms in total. The molecule has 0 aliphatic carbocycles. The molecule has 2 rings (SSSR count). The summed E-state index contributed by atoms with van der Waals surface area (Å²) in [6.45, 7) is 5.37. The predicted octanol–water partition coefficient (Wildman–Crippen LogP) is 5.76. The van der Waals surface area contributed by atoms with E-state index in [0.717, 1.165) is 18.9 Å². The fraction of sp³-hybridized carbons (Fsp3) is 0.348. The highest BCUT2D eigenvalue weighted by Crippen LogP contribution is 2.33. The summed E-state index contributed by atoms with van der Waals surface area (Å²) < 4.78 is 61.9. The maximum absolute atomic E-state index is 14.7. The number of ether oxygens (including phenoxy) is 1. The molecule has 30 heavy (non-hydrogen) atoms. The SMILES string of the molecule is C=CCCCCc1cc(F)cc(F)c1-c1cc(F)c(F)c([C@@H](N)CC(=O)OCC)c1. The van der Waals surface area contributed by atoms with Crippen molar-refractivity contribution in [1.29, 1.82) is 0 Å². The van der Waals surface area contributed by atoms with Crippen LogP contribution in [-0.2, 0) is 16.0 Å². The number of hydrogen-bond donors (Lipinski definition) is 1. The summed E-state index contributed by atoms with van der Waals surface area (Å²) in [5, 5.41) is 0. The van der Waals surface area contributed by atoms with E-state index in [4.69, 9.17) is 10.5 Å². The van der Waals surface area contributed by atoms with Gasteiger partial charge in [-0.15, -0.1) is 6.58 Å². The summed E-state index contributed by atoms with van der Waals surface area (Å²) in [6.07, 6.45) is 3.90. The van der Waals surface area contributed by atoms with E-state index in [1.807, 2.05) is 0 Å². The van der Waals surface area contributed by atoms with Crippen molar-refractivity contribution in [3.05, 3.63) is 71.3 Å². The molecule has 162 valence electrons. The van der Waals surface area contributed by atoms with E-state index in [9.17, 15) is 22.4 Å². The van der Waals surface area contributed by atoms with Crippen LogP contribution in [0.4, 0.5) is 17.6 Å². The second kappa shape index (κ2) is 10.9. The minimum Gasteiger partial charge on any atom is -0.466 e. The molecule has 0 spiro atoms. The Kier molecular flexibility index (Phi) is 8.59. The van der Waals surface area contributed by atoms with E-state index in [1.165, 1.54) is 12.1 Å². The van der Waals surface area contributed by atoms with Crippen molar-refractivity contribution in [2.24, 2.45) is 5.73 Å². The maximum Gasteiger partial charge on any atom is 0.307 e. The van der Waals surface area contributed by atoms with Gasteiger partial charge in [-0.3, -0.25) is 4.79 Å². The fourth-order valence-electron chi connectivity index (χ4n) is 3.29. The van der Waals surface area contributed by atoms with Crippen LogP contribution in [0.25, 0.3) is 11.1 Å². The van der Waals surface area contributed by atoms with Crippen molar-refractivity contribution in [3.63, 3.8) is 0 Å². The summed E-state index contributed by atoms with van der Waals surface area (Å²) in [7, 11) is 0. The van der Waals surface area contributed by atoms with Gasteiger partial charge in [-0.1, -0.05) is 6.08 Å². The van der Waals surface area contributed by atoms with Gasteiger partial charge in [0.15, 0.2) is 11.6 Å². The number of aryl methyl sites for hydroxylation is 1. The lowest BCUT2D eigenvalue weighted by atomic mass is 9.92. The van der Waals surface area contributed by atoms with Crippen molar-refractivity contribution in [2.45, 2.75) is 45.1 Å². The first-order valence-corrected chi connectivity index (χ1v) is 9.77. The van der Waals surface area contributed by atoms with E-state index >= 15 is 0 Å². The molecule has 0 saturated carbocycles.